The van der Waals surface area contributed by atoms with Crippen LogP contribution in [0, 0.1) is 5.82 Å². The predicted octanol–water partition coefficient (Wildman–Crippen LogP) is 4.82. The maximum atomic E-state index is 14.1. The van der Waals surface area contributed by atoms with Crippen molar-refractivity contribution in [3.05, 3.63) is 77.1 Å². The fraction of sp³-hybridized carbons (Fsp3) is 0.0909. The molecule has 1 N–H and O–H groups in total. The molecule has 0 aliphatic carbocycles. The number of hydrogen-bond donors (Lipinski definition) is 1. The summed E-state index contributed by atoms with van der Waals surface area (Å²) in [5.74, 6) is -1.34. The summed E-state index contributed by atoms with van der Waals surface area (Å²) in [6, 6.07) is 12.5. The van der Waals surface area contributed by atoms with Crippen molar-refractivity contribution in [2.75, 3.05) is 10.2 Å². The molecule has 30 heavy (non-hydrogen) atoms. The third-order valence-corrected chi connectivity index (χ3v) is 4.92. The average molecular weight is 423 g/mol. The number of Topliss-reactive ketones (excluding diaryl/α,β-unsaturated/α-hetero) is 1. The van der Waals surface area contributed by atoms with E-state index in [1.165, 1.54) is 43.0 Å². The van der Waals surface area contributed by atoms with Crippen molar-refractivity contribution in [3.8, 4) is 0 Å². The molecule has 0 spiro atoms. The van der Waals surface area contributed by atoms with E-state index in [1.807, 2.05) is 0 Å². The highest BCUT2D eigenvalue weighted by Gasteiger charge is 2.20. The minimum Gasteiger partial charge on any atom is -0.323 e. The quantitative estimate of drug-likeness (QED) is 0.455. The second-order valence-electron chi connectivity index (χ2n) is 6.32. The zero-order valence-electron chi connectivity index (χ0n) is 16.3. The Bertz CT molecular complexity index is 1120. The number of benzene rings is 2. The Hall–Kier alpha value is -3.65. The molecule has 0 bridgehead atoms. The van der Waals surface area contributed by atoms with Gasteiger partial charge in [-0.3, -0.25) is 19.3 Å². The van der Waals surface area contributed by atoms with Gasteiger partial charge in [-0.05, 0) is 49.4 Å². The van der Waals surface area contributed by atoms with Crippen LogP contribution in [0.15, 0.2) is 60.0 Å². The van der Waals surface area contributed by atoms with Gasteiger partial charge in [0.1, 0.15) is 5.82 Å². The maximum absolute atomic E-state index is 14.1. The number of aromatic nitrogens is 1. The number of ketones is 1. The first kappa shape index (κ1) is 21.1. The summed E-state index contributed by atoms with van der Waals surface area (Å²) in [6.07, 6.45) is 2.80. The van der Waals surface area contributed by atoms with Crippen molar-refractivity contribution >= 4 is 51.5 Å². The number of thiazole rings is 1. The molecule has 0 unspecified atom stereocenters. The molecule has 0 aliphatic rings. The van der Waals surface area contributed by atoms with Crippen molar-refractivity contribution < 1.29 is 18.8 Å². The van der Waals surface area contributed by atoms with Crippen molar-refractivity contribution in [2.45, 2.75) is 13.8 Å². The predicted molar refractivity (Wildman–Crippen MR) is 115 cm³/mol. The van der Waals surface area contributed by atoms with Crippen LogP contribution in [0.4, 0.5) is 20.9 Å². The van der Waals surface area contributed by atoms with Gasteiger partial charge >= 0.3 is 0 Å². The molecule has 2 aromatic carbocycles. The fourth-order valence-corrected chi connectivity index (χ4v) is 3.48. The summed E-state index contributed by atoms with van der Waals surface area (Å²) >= 11 is 1.16. The Labute approximate surface area is 176 Å². The Morgan fingerprint density at radius 2 is 1.77 bits per heavy atom. The number of hydrogen-bond acceptors (Lipinski definition) is 5. The van der Waals surface area contributed by atoms with Gasteiger partial charge in [-0.15, -0.1) is 11.3 Å². The lowest BCUT2D eigenvalue weighted by Gasteiger charge is -2.18. The summed E-state index contributed by atoms with van der Waals surface area (Å²) in [5, 5.41) is 4.65. The SMILES string of the molecule is CC(=O)c1ccc(NC(=O)/C=C/c2csc(N(C(C)=O)c3ccccc3F)n2)cc1. The highest BCUT2D eigenvalue weighted by atomic mass is 32.1. The van der Waals surface area contributed by atoms with Gasteiger partial charge in [-0.25, -0.2) is 9.37 Å². The van der Waals surface area contributed by atoms with Gasteiger partial charge in [-0.1, -0.05) is 12.1 Å². The van der Waals surface area contributed by atoms with E-state index in [0.717, 1.165) is 11.3 Å². The van der Waals surface area contributed by atoms with Gasteiger partial charge in [0.15, 0.2) is 10.9 Å². The van der Waals surface area contributed by atoms with E-state index in [1.54, 1.807) is 41.8 Å². The third kappa shape index (κ3) is 5.03. The van der Waals surface area contributed by atoms with Crippen molar-refractivity contribution in [3.63, 3.8) is 0 Å². The van der Waals surface area contributed by atoms with Crippen LogP contribution in [0.5, 0.6) is 0 Å². The monoisotopic (exact) mass is 423 g/mol. The minimum absolute atomic E-state index is 0.0536. The lowest BCUT2D eigenvalue weighted by atomic mass is 10.1. The molecule has 3 aromatic rings. The fourth-order valence-electron chi connectivity index (χ4n) is 2.63. The normalized spacial score (nSPS) is 10.8. The van der Waals surface area contributed by atoms with Crippen LogP contribution < -0.4 is 10.2 Å². The molecule has 8 heteroatoms. The van der Waals surface area contributed by atoms with Gasteiger partial charge in [0.05, 0.1) is 11.4 Å². The number of rotatable bonds is 6. The van der Waals surface area contributed by atoms with Crippen molar-refractivity contribution in [1.29, 1.82) is 0 Å². The lowest BCUT2D eigenvalue weighted by molar-refractivity contribution is -0.116. The molecule has 0 saturated heterocycles. The Morgan fingerprint density at radius 1 is 1.07 bits per heavy atom. The number of amides is 2. The lowest BCUT2D eigenvalue weighted by Crippen LogP contribution is -2.23. The molecule has 3 rings (SSSR count). The zero-order chi connectivity index (χ0) is 21.7. The van der Waals surface area contributed by atoms with E-state index in [4.69, 9.17) is 0 Å². The summed E-state index contributed by atoms with van der Waals surface area (Å²) in [6.45, 7) is 2.80. The molecule has 1 heterocycles. The van der Waals surface area contributed by atoms with Gasteiger partial charge in [0.2, 0.25) is 11.8 Å². The number of nitrogens with one attached hydrogen (secondary N) is 1. The highest BCUT2D eigenvalue weighted by Crippen LogP contribution is 2.30. The topological polar surface area (TPSA) is 79.4 Å². The zero-order valence-corrected chi connectivity index (χ0v) is 17.1. The van der Waals surface area contributed by atoms with E-state index in [0.29, 0.717) is 22.1 Å². The van der Waals surface area contributed by atoms with E-state index < -0.39 is 5.82 Å². The molecule has 152 valence electrons. The van der Waals surface area contributed by atoms with Crippen molar-refractivity contribution in [2.24, 2.45) is 0 Å². The molecule has 0 aliphatic heterocycles. The molecule has 0 fully saturated rings. The Kier molecular flexibility index (Phi) is 6.48. The Balaban J connectivity index is 1.71. The largest absolute Gasteiger partial charge is 0.323 e. The van der Waals surface area contributed by atoms with Gasteiger partial charge in [0.25, 0.3) is 0 Å². The summed E-state index contributed by atoms with van der Waals surface area (Å²) in [4.78, 5) is 41.0. The first-order valence-electron chi connectivity index (χ1n) is 8.96. The number of anilines is 3. The maximum Gasteiger partial charge on any atom is 0.248 e. The first-order valence-corrected chi connectivity index (χ1v) is 9.84. The smallest absolute Gasteiger partial charge is 0.248 e. The van der Waals surface area contributed by atoms with Crippen LogP contribution in [-0.2, 0) is 9.59 Å². The Morgan fingerprint density at radius 3 is 2.40 bits per heavy atom. The van der Waals surface area contributed by atoms with Crippen LogP contribution in [0.2, 0.25) is 0 Å². The number of carbonyl (C=O) groups excluding carboxylic acids is 3. The van der Waals surface area contributed by atoms with Crippen LogP contribution in [-0.4, -0.2) is 22.6 Å². The molecular weight excluding hydrogens is 405 g/mol. The molecule has 0 saturated carbocycles. The van der Waals surface area contributed by atoms with Crippen LogP contribution >= 0.6 is 11.3 Å². The number of halogens is 1. The van der Waals surface area contributed by atoms with E-state index >= 15 is 0 Å². The number of carbonyl (C=O) groups is 3. The molecule has 0 atom stereocenters. The molecule has 2 amide bonds. The molecule has 1 aromatic heterocycles. The van der Waals surface area contributed by atoms with E-state index in [9.17, 15) is 18.8 Å². The van der Waals surface area contributed by atoms with Crippen molar-refractivity contribution in [1.82, 2.24) is 4.98 Å². The molecular formula is C22H18FN3O3S. The third-order valence-electron chi connectivity index (χ3n) is 4.07. The minimum atomic E-state index is -0.532. The molecule has 6 nitrogen and oxygen atoms in total. The van der Waals surface area contributed by atoms with E-state index in [2.05, 4.69) is 10.3 Å². The van der Waals surface area contributed by atoms with Gasteiger partial charge in [-0.2, -0.15) is 0 Å². The van der Waals surface area contributed by atoms with E-state index in [-0.39, 0.29) is 23.3 Å². The van der Waals surface area contributed by atoms with Crippen LogP contribution in [0.3, 0.4) is 0 Å². The highest BCUT2D eigenvalue weighted by molar-refractivity contribution is 7.14. The summed E-state index contributed by atoms with van der Waals surface area (Å²) in [5.41, 5.74) is 1.68. The average Bonchev–Trinajstić information content (AvgIpc) is 3.17. The van der Waals surface area contributed by atoms with Gasteiger partial charge < -0.3 is 5.32 Å². The summed E-state index contributed by atoms with van der Waals surface area (Å²) < 4.78 is 14.1. The first-order chi connectivity index (χ1) is 14.3. The summed E-state index contributed by atoms with van der Waals surface area (Å²) in [7, 11) is 0. The number of nitrogens with zero attached hydrogens (tertiary/aromatic N) is 2. The standard InChI is InChI=1S/C22H18FN3O3S/c1-14(27)16-7-9-17(10-8-16)24-21(29)12-11-18-13-30-22(25-18)26(15(2)28)20-6-4-3-5-19(20)23/h3-13H,1-2H3,(H,24,29)/b12-11+. The second kappa shape index (κ2) is 9.23. The second-order valence-corrected chi connectivity index (χ2v) is 7.15. The van der Waals surface area contributed by atoms with Crippen LogP contribution in [0.1, 0.15) is 29.9 Å². The van der Waals surface area contributed by atoms with Gasteiger partial charge in [0, 0.05) is 29.6 Å². The van der Waals surface area contributed by atoms with Crippen LogP contribution in [0.25, 0.3) is 6.08 Å². The molecule has 0 radical (unpaired) electrons. The number of para-hydroxylation sites is 1.